The largest absolute Gasteiger partial charge is 0.289 e. The highest BCUT2D eigenvalue weighted by Crippen LogP contribution is 2.26. The van der Waals surface area contributed by atoms with E-state index >= 15 is 0 Å². The zero-order chi connectivity index (χ0) is 19.1. The summed E-state index contributed by atoms with van der Waals surface area (Å²) >= 11 is 1.32. The van der Waals surface area contributed by atoms with Crippen LogP contribution in [0.2, 0.25) is 0 Å². The zero-order valence-electron chi connectivity index (χ0n) is 14.9. The van der Waals surface area contributed by atoms with Crippen LogP contribution in [0.15, 0.2) is 58.1 Å². The van der Waals surface area contributed by atoms with Crippen LogP contribution in [-0.4, -0.2) is 9.55 Å². The summed E-state index contributed by atoms with van der Waals surface area (Å²) in [7, 11) is 0. The molecular formula is C21H17FN2O2S. The van der Waals surface area contributed by atoms with Crippen LogP contribution < -0.4 is 11.0 Å². The van der Waals surface area contributed by atoms with Crippen molar-refractivity contribution in [1.29, 1.82) is 0 Å². The molecule has 0 aliphatic heterocycles. The SMILES string of the molecule is CCC(C)n1c(-c2ccc(F)cc2)nc2sc3ccccc3c(=O)c2c1=O. The van der Waals surface area contributed by atoms with E-state index in [0.29, 0.717) is 28.0 Å². The zero-order valence-corrected chi connectivity index (χ0v) is 15.7. The lowest BCUT2D eigenvalue weighted by molar-refractivity contribution is 0.517. The lowest BCUT2D eigenvalue weighted by atomic mass is 10.1. The monoisotopic (exact) mass is 380 g/mol. The van der Waals surface area contributed by atoms with E-state index in [1.54, 1.807) is 28.8 Å². The number of fused-ring (bicyclic) bond motifs is 2. The first-order chi connectivity index (χ1) is 13.0. The normalized spacial score (nSPS) is 12.6. The average Bonchev–Trinajstić information content (AvgIpc) is 2.68. The van der Waals surface area contributed by atoms with Gasteiger partial charge < -0.3 is 0 Å². The second-order valence-electron chi connectivity index (χ2n) is 6.48. The van der Waals surface area contributed by atoms with Crippen LogP contribution in [0.4, 0.5) is 4.39 Å². The molecule has 0 radical (unpaired) electrons. The van der Waals surface area contributed by atoms with Crippen molar-refractivity contribution in [3.8, 4) is 11.4 Å². The Bertz CT molecular complexity index is 1280. The van der Waals surface area contributed by atoms with Crippen LogP contribution in [0.5, 0.6) is 0 Å². The van der Waals surface area contributed by atoms with Crippen molar-refractivity contribution in [1.82, 2.24) is 9.55 Å². The van der Waals surface area contributed by atoms with Crippen molar-refractivity contribution >= 4 is 31.6 Å². The highest BCUT2D eigenvalue weighted by atomic mass is 32.1. The molecule has 0 saturated heterocycles. The minimum absolute atomic E-state index is 0.116. The summed E-state index contributed by atoms with van der Waals surface area (Å²) in [5.74, 6) is 0.0976. The smallest absolute Gasteiger partial charge is 0.266 e. The first-order valence-electron chi connectivity index (χ1n) is 8.75. The molecule has 0 fully saturated rings. The Morgan fingerprint density at radius 3 is 2.52 bits per heavy atom. The number of benzene rings is 2. The maximum Gasteiger partial charge on any atom is 0.266 e. The summed E-state index contributed by atoms with van der Waals surface area (Å²) < 4.78 is 15.7. The Morgan fingerprint density at radius 2 is 1.81 bits per heavy atom. The van der Waals surface area contributed by atoms with Gasteiger partial charge in [0.25, 0.3) is 5.56 Å². The number of hydrogen-bond donors (Lipinski definition) is 0. The first-order valence-corrected chi connectivity index (χ1v) is 9.57. The Kier molecular flexibility index (Phi) is 4.36. The van der Waals surface area contributed by atoms with Gasteiger partial charge in [-0.25, -0.2) is 9.37 Å². The number of aromatic nitrogens is 2. The van der Waals surface area contributed by atoms with E-state index in [9.17, 15) is 14.0 Å². The number of halogens is 1. The van der Waals surface area contributed by atoms with Gasteiger partial charge in [-0.05, 0) is 49.7 Å². The standard InChI is InChI=1S/C21H17FN2O2S/c1-3-12(2)24-19(13-8-10-14(22)11-9-13)23-20-17(21(24)26)18(25)15-6-4-5-7-16(15)27-20/h4-12H,3H2,1-2H3. The Labute approximate surface area is 158 Å². The molecule has 136 valence electrons. The van der Waals surface area contributed by atoms with Crippen LogP contribution in [0, 0.1) is 5.82 Å². The number of hydrogen-bond acceptors (Lipinski definition) is 4. The summed E-state index contributed by atoms with van der Waals surface area (Å²) in [5, 5.41) is 0.643. The van der Waals surface area contributed by atoms with Gasteiger partial charge in [-0.2, -0.15) is 0 Å². The lowest BCUT2D eigenvalue weighted by Crippen LogP contribution is -2.29. The molecule has 2 aromatic carbocycles. The lowest BCUT2D eigenvalue weighted by Gasteiger charge is -2.18. The highest BCUT2D eigenvalue weighted by Gasteiger charge is 2.20. The second-order valence-corrected chi connectivity index (χ2v) is 7.51. The third kappa shape index (κ3) is 2.86. The van der Waals surface area contributed by atoms with Crippen molar-refractivity contribution in [3.63, 3.8) is 0 Å². The van der Waals surface area contributed by atoms with Crippen molar-refractivity contribution in [2.75, 3.05) is 0 Å². The number of rotatable bonds is 3. The molecule has 27 heavy (non-hydrogen) atoms. The quantitative estimate of drug-likeness (QED) is 0.482. The third-order valence-electron chi connectivity index (χ3n) is 4.78. The molecule has 0 saturated carbocycles. The van der Waals surface area contributed by atoms with Crippen LogP contribution in [0.25, 0.3) is 31.7 Å². The van der Waals surface area contributed by atoms with Crippen LogP contribution in [-0.2, 0) is 0 Å². The molecule has 2 aromatic heterocycles. The van der Waals surface area contributed by atoms with Gasteiger partial charge in [0.05, 0.1) is 0 Å². The van der Waals surface area contributed by atoms with Crippen LogP contribution in [0.1, 0.15) is 26.3 Å². The molecule has 0 bridgehead atoms. The maximum atomic E-state index is 13.4. The molecular weight excluding hydrogens is 363 g/mol. The molecule has 2 heterocycles. The van der Waals surface area contributed by atoms with Crippen molar-refractivity contribution in [2.24, 2.45) is 0 Å². The first kappa shape index (κ1) is 17.5. The molecule has 0 spiro atoms. The molecule has 6 heteroatoms. The molecule has 4 rings (SSSR count). The van der Waals surface area contributed by atoms with E-state index in [1.165, 1.54) is 23.5 Å². The fourth-order valence-electron chi connectivity index (χ4n) is 3.16. The average molecular weight is 380 g/mol. The highest BCUT2D eigenvalue weighted by molar-refractivity contribution is 7.24. The molecule has 1 atom stereocenters. The Hall–Kier alpha value is -2.86. The summed E-state index contributed by atoms with van der Waals surface area (Å²) in [6, 6.07) is 13.0. The van der Waals surface area contributed by atoms with Gasteiger partial charge in [-0.3, -0.25) is 14.2 Å². The van der Waals surface area contributed by atoms with E-state index in [2.05, 4.69) is 4.98 Å². The van der Waals surface area contributed by atoms with Crippen molar-refractivity contribution in [2.45, 2.75) is 26.3 Å². The summed E-state index contributed by atoms with van der Waals surface area (Å²) in [6.45, 7) is 3.88. The molecule has 0 N–H and O–H groups in total. The minimum Gasteiger partial charge on any atom is -0.289 e. The van der Waals surface area contributed by atoms with E-state index < -0.39 is 0 Å². The predicted octanol–water partition coefficient (Wildman–Crippen LogP) is 4.75. The van der Waals surface area contributed by atoms with Gasteiger partial charge >= 0.3 is 0 Å². The molecule has 0 amide bonds. The van der Waals surface area contributed by atoms with Gasteiger partial charge in [-0.1, -0.05) is 19.1 Å². The molecule has 4 nitrogen and oxygen atoms in total. The van der Waals surface area contributed by atoms with Gasteiger partial charge in [-0.15, -0.1) is 11.3 Å². The fourth-order valence-corrected chi connectivity index (χ4v) is 4.20. The van der Waals surface area contributed by atoms with E-state index in [1.807, 2.05) is 26.0 Å². The molecule has 1 unspecified atom stereocenters. The fraction of sp³-hybridized carbons (Fsp3) is 0.190. The predicted molar refractivity (Wildman–Crippen MR) is 108 cm³/mol. The van der Waals surface area contributed by atoms with E-state index in [-0.39, 0.29) is 28.2 Å². The molecule has 0 aliphatic carbocycles. The van der Waals surface area contributed by atoms with Crippen molar-refractivity contribution < 1.29 is 4.39 Å². The van der Waals surface area contributed by atoms with Gasteiger partial charge in [0, 0.05) is 21.7 Å². The Balaban J connectivity index is 2.17. The molecule has 4 aromatic rings. The van der Waals surface area contributed by atoms with E-state index in [4.69, 9.17) is 0 Å². The third-order valence-corrected chi connectivity index (χ3v) is 5.85. The van der Waals surface area contributed by atoms with Gasteiger partial charge in [0.1, 0.15) is 21.9 Å². The van der Waals surface area contributed by atoms with Crippen LogP contribution >= 0.6 is 11.3 Å². The van der Waals surface area contributed by atoms with Gasteiger partial charge in [0.2, 0.25) is 5.43 Å². The van der Waals surface area contributed by atoms with Crippen molar-refractivity contribution in [3.05, 3.63) is 74.9 Å². The number of nitrogens with zero attached hydrogens (tertiary/aromatic N) is 2. The second kappa shape index (κ2) is 6.70. The minimum atomic E-state index is -0.354. The topological polar surface area (TPSA) is 52.0 Å². The van der Waals surface area contributed by atoms with E-state index in [0.717, 1.165) is 4.70 Å². The summed E-state index contributed by atoms with van der Waals surface area (Å²) in [5.41, 5.74) is 0.00347. The Morgan fingerprint density at radius 1 is 1.11 bits per heavy atom. The molecule has 0 aliphatic rings. The summed E-state index contributed by atoms with van der Waals surface area (Å²) in [6.07, 6.45) is 0.701. The van der Waals surface area contributed by atoms with Gasteiger partial charge in [0.15, 0.2) is 0 Å². The summed E-state index contributed by atoms with van der Waals surface area (Å²) in [4.78, 5) is 31.4. The maximum absolute atomic E-state index is 13.4. The van der Waals surface area contributed by atoms with Crippen LogP contribution in [0.3, 0.4) is 0 Å².